The van der Waals surface area contributed by atoms with E-state index >= 15 is 0 Å². The summed E-state index contributed by atoms with van der Waals surface area (Å²) >= 11 is 0. The van der Waals surface area contributed by atoms with Crippen LogP contribution in [0.5, 0.6) is 0 Å². The fraction of sp³-hybridized carbons (Fsp3) is 0.562. The molecule has 104 valence electrons. The first-order valence-corrected chi connectivity index (χ1v) is 7.04. The molecule has 3 nitrogen and oxygen atoms in total. The lowest BCUT2D eigenvalue weighted by atomic mass is 9.75. The van der Waals surface area contributed by atoms with E-state index in [9.17, 15) is 4.79 Å². The number of carbonyl (C=O) groups excluding carboxylic acids is 1. The van der Waals surface area contributed by atoms with Gasteiger partial charge in [-0.1, -0.05) is 13.8 Å². The molecule has 1 fully saturated rings. The first-order chi connectivity index (χ1) is 8.87. The predicted molar refractivity (Wildman–Crippen MR) is 79.1 cm³/mol. The molecule has 0 spiro atoms. The van der Waals surface area contributed by atoms with Crippen LogP contribution in [0.1, 0.15) is 55.5 Å². The van der Waals surface area contributed by atoms with Crippen LogP contribution in [0.25, 0.3) is 0 Å². The van der Waals surface area contributed by atoms with Crippen molar-refractivity contribution in [3.63, 3.8) is 0 Å². The minimum Gasteiger partial charge on any atom is -0.399 e. The van der Waals surface area contributed by atoms with Crippen molar-refractivity contribution in [3.8, 4) is 0 Å². The summed E-state index contributed by atoms with van der Waals surface area (Å²) in [6.45, 7) is 6.53. The largest absolute Gasteiger partial charge is 0.399 e. The molecule has 0 aromatic heterocycles. The Labute approximate surface area is 115 Å². The third kappa shape index (κ3) is 3.49. The van der Waals surface area contributed by atoms with Crippen LogP contribution < -0.4 is 11.1 Å². The molecule has 1 aromatic rings. The van der Waals surface area contributed by atoms with E-state index in [0.717, 1.165) is 24.1 Å². The number of hydrogen-bond acceptors (Lipinski definition) is 2. The number of nitrogens with one attached hydrogen (secondary N) is 1. The molecule has 2 rings (SSSR count). The molecule has 0 bridgehead atoms. The fourth-order valence-corrected chi connectivity index (χ4v) is 2.63. The van der Waals surface area contributed by atoms with Crippen LogP contribution in [-0.4, -0.2) is 11.9 Å². The molecule has 1 aliphatic carbocycles. The van der Waals surface area contributed by atoms with Gasteiger partial charge in [-0.3, -0.25) is 4.79 Å². The van der Waals surface area contributed by atoms with Crippen molar-refractivity contribution in [2.24, 2.45) is 5.41 Å². The summed E-state index contributed by atoms with van der Waals surface area (Å²) in [6.07, 6.45) is 4.51. The van der Waals surface area contributed by atoms with E-state index in [1.165, 1.54) is 12.8 Å². The number of benzene rings is 1. The number of anilines is 1. The van der Waals surface area contributed by atoms with Gasteiger partial charge in [-0.05, 0) is 61.8 Å². The van der Waals surface area contributed by atoms with Crippen LogP contribution in [0.4, 0.5) is 5.69 Å². The van der Waals surface area contributed by atoms with Gasteiger partial charge in [-0.15, -0.1) is 0 Å². The zero-order chi connectivity index (χ0) is 14.0. The van der Waals surface area contributed by atoms with E-state index in [1.807, 2.05) is 13.0 Å². The molecule has 0 heterocycles. The van der Waals surface area contributed by atoms with Gasteiger partial charge in [0.15, 0.2) is 0 Å². The number of aryl methyl sites for hydroxylation is 1. The molecule has 3 heteroatoms. The topological polar surface area (TPSA) is 55.1 Å². The van der Waals surface area contributed by atoms with Crippen molar-refractivity contribution in [3.05, 3.63) is 29.3 Å². The average Bonchev–Trinajstić information content (AvgIpc) is 2.35. The third-order valence-corrected chi connectivity index (χ3v) is 4.21. The third-order valence-electron chi connectivity index (χ3n) is 4.21. The van der Waals surface area contributed by atoms with E-state index in [2.05, 4.69) is 19.2 Å². The van der Waals surface area contributed by atoms with Gasteiger partial charge in [-0.2, -0.15) is 0 Å². The van der Waals surface area contributed by atoms with Crippen LogP contribution in [0.15, 0.2) is 18.2 Å². The Bertz CT molecular complexity index is 470. The Morgan fingerprint density at radius 1 is 1.32 bits per heavy atom. The molecule has 1 aliphatic rings. The van der Waals surface area contributed by atoms with E-state index < -0.39 is 0 Å². The normalized spacial score (nSPS) is 19.1. The number of nitrogen functional groups attached to an aromatic ring is 1. The van der Waals surface area contributed by atoms with Gasteiger partial charge in [0.1, 0.15) is 0 Å². The highest BCUT2D eigenvalue weighted by atomic mass is 16.1. The molecule has 3 N–H and O–H groups in total. The molecular weight excluding hydrogens is 236 g/mol. The molecule has 1 saturated carbocycles. The van der Waals surface area contributed by atoms with Gasteiger partial charge >= 0.3 is 0 Å². The Kier molecular flexibility index (Phi) is 3.83. The molecule has 1 amide bonds. The van der Waals surface area contributed by atoms with Crippen LogP contribution in [0, 0.1) is 12.3 Å². The second-order valence-corrected chi connectivity index (χ2v) is 6.48. The highest BCUT2D eigenvalue weighted by Gasteiger charge is 2.27. The van der Waals surface area contributed by atoms with Crippen molar-refractivity contribution in [1.82, 2.24) is 5.32 Å². The zero-order valence-electron chi connectivity index (χ0n) is 12.1. The van der Waals surface area contributed by atoms with E-state index in [-0.39, 0.29) is 5.91 Å². The lowest BCUT2D eigenvalue weighted by Gasteiger charge is -2.34. The van der Waals surface area contributed by atoms with Crippen LogP contribution >= 0.6 is 0 Å². The Morgan fingerprint density at radius 3 is 2.53 bits per heavy atom. The Balaban J connectivity index is 1.96. The summed E-state index contributed by atoms with van der Waals surface area (Å²) in [5.74, 6) is 0.0211. The first kappa shape index (κ1) is 13.9. The quantitative estimate of drug-likeness (QED) is 0.802. The van der Waals surface area contributed by atoms with Crippen LogP contribution in [-0.2, 0) is 0 Å². The van der Waals surface area contributed by atoms with Crippen LogP contribution in [0.2, 0.25) is 0 Å². The number of amides is 1. The summed E-state index contributed by atoms with van der Waals surface area (Å²) in [5.41, 5.74) is 8.59. The van der Waals surface area contributed by atoms with Crippen molar-refractivity contribution in [2.75, 3.05) is 5.73 Å². The summed E-state index contributed by atoms with van der Waals surface area (Å²) in [4.78, 5) is 12.2. The maximum Gasteiger partial charge on any atom is 0.251 e. The van der Waals surface area contributed by atoms with Gasteiger partial charge in [0.05, 0.1) is 0 Å². The van der Waals surface area contributed by atoms with Gasteiger partial charge in [0.25, 0.3) is 5.91 Å². The summed E-state index contributed by atoms with van der Waals surface area (Å²) in [6, 6.07) is 5.77. The number of rotatable bonds is 2. The highest BCUT2D eigenvalue weighted by Crippen LogP contribution is 2.35. The fourth-order valence-electron chi connectivity index (χ4n) is 2.63. The molecule has 0 saturated heterocycles. The molecule has 0 unspecified atom stereocenters. The molecule has 1 aromatic carbocycles. The lowest BCUT2D eigenvalue weighted by molar-refractivity contribution is 0.0909. The highest BCUT2D eigenvalue weighted by molar-refractivity contribution is 5.95. The second-order valence-electron chi connectivity index (χ2n) is 6.48. The van der Waals surface area contributed by atoms with E-state index in [1.54, 1.807) is 12.1 Å². The Morgan fingerprint density at radius 2 is 1.95 bits per heavy atom. The van der Waals surface area contributed by atoms with Crippen molar-refractivity contribution in [1.29, 1.82) is 0 Å². The van der Waals surface area contributed by atoms with Crippen molar-refractivity contribution in [2.45, 2.75) is 52.5 Å². The smallest absolute Gasteiger partial charge is 0.251 e. The number of hydrogen-bond donors (Lipinski definition) is 2. The summed E-state index contributed by atoms with van der Waals surface area (Å²) in [7, 11) is 0. The van der Waals surface area contributed by atoms with Crippen molar-refractivity contribution >= 4 is 11.6 Å². The first-order valence-electron chi connectivity index (χ1n) is 7.04. The lowest BCUT2D eigenvalue weighted by Crippen LogP contribution is -2.39. The molecular formula is C16H24N2O. The summed E-state index contributed by atoms with van der Waals surface area (Å²) in [5, 5.41) is 3.14. The monoisotopic (exact) mass is 260 g/mol. The molecule has 0 atom stereocenters. The van der Waals surface area contributed by atoms with E-state index in [0.29, 0.717) is 17.0 Å². The number of carbonyl (C=O) groups is 1. The minimum atomic E-state index is 0.0211. The maximum atomic E-state index is 12.2. The predicted octanol–water partition coefficient (Wildman–Crippen LogP) is 3.28. The standard InChI is InChI=1S/C16H24N2O/c1-11-10-12(4-5-14(11)17)15(19)18-13-6-8-16(2,3)9-7-13/h4-5,10,13H,6-9,17H2,1-3H3,(H,18,19). The number of nitrogens with two attached hydrogens (primary N) is 1. The molecule has 19 heavy (non-hydrogen) atoms. The molecule has 0 radical (unpaired) electrons. The van der Waals surface area contributed by atoms with Crippen molar-refractivity contribution < 1.29 is 4.79 Å². The SMILES string of the molecule is Cc1cc(C(=O)NC2CCC(C)(C)CC2)ccc1N. The van der Waals surface area contributed by atoms with Crippen LogP contribution in [0.3, 0.4) is 0 Å². The Hall–Kier alpha value is -1.51. The van der Waals surface area contributed by atoms with Gasteiger partial charge in [-0.25, -0.2) is 0 Å². The maximum absolute atomic E-state index is 12.2. The second kappa shape index (κ2) is 5.24. The van der Waals surface area contributed by atoms with Gasteiger partial charge < -0.3 is 11.1 Å². The minimum absolute atomic E-state index is 0.0211. The average molecular weight is 260 g/mol. The zero-order valence-corrected chi connectivity index (χ0v) is 12.1. The van der Waals surface area contributed by atoms with Gasteiger partial charge in [0, 0.05) is 17.3 Å². The van der Waals surface area contributed by atoms with Gasteiger partial charge in [0.2, 0.25) is 0 Å². The summed E-state index contributed by atoms with van der Waals surface area (Å²) < 4.78 is 0. The molecule has 0 aliphatic heterocycles. The van der Waals surface area contributed by atoms with E-state index in [4.69, 9.17) is 5.73 Å².